The molecule has 2 N–H and O–H groups in total. The molecule has 0 aliphatic heterocycles. The van der Waals surface area contributed by atoms with Gasteiger partial charge in [0.2, 0.25) is 5.91 Å². The van der Waals surface area contributed by atoms with Gasteiger partial charge in [-0.1, -0.05) is 11.2 Å². The Hall–Kier alpha value is -2.15. The summed E-state index contributed by atoms with van der Waals surface area (Å²) < 4.78 is 4.83. The second kappa shape index (κ2) is 5.66. The lowest BCUT2D eigenvalue weighted by atomic mass is 10.3. The molecule has 2 amide bonds. The van der Waals surface area contributed by atoms with Crippen molar-refractivity contribution in [1.82, 2.24) is 10.5 Å². The van der Waals surface area contributed by atoms with Gasteiger partial charge in [0.05, 0.1) is 4.88 Å². The minimum Gasteiger partial charge on any atom is -0.360 e. The van der Waals surface area contributed by atoms with E-state index in [2.05, 4.69) is 15.8 Å². The lowest BCUT2D eigenvalue weighted by molar-refractivity contribution is -0.117. The van der Waals surface area contributed by atoms with E-state index in [1.165, 1.54) is 11.3 Å². The second-order valence-electron chi connectivity index (χ2n) is 3.98. The molecule has 0 bridgehead atoms. The van der Waals surface area contributed by atoms with Gasteiger partial charge in [-0.15, -0.1) is 11.3 Å². The summed E-state index contributed by atoms with van der Waals surface area (Å²) in [4.78, 5) is 24.2. The topological polar surface area (TPSA) is 84.2 Å². The maximum atomic E-state index is 11.8. The molecule has 0 aliphatic carbocycles. The highest BCUT2D eigenvalue weighted by Crippen LogP contribution is 2.09. The molecule has 6 nitrogen and oxygen atoms in total. The van der Waals surface area contributed by atoms with Crippen LogP contribution in [0.15, 0.2) is 28.1 Å². The van der Waals surface area contributed by atoms with Crippen LogP contribution < -0.4 is 10.6 Å². The Balaban J connectivity index is 1.91. The Kier molecular flexibility index (Phi) is 3.96. The minimum atomic E-state index is -0.661. The van der Waals surface area contributed by atoms with Gasteiger partial charge in [-0.05, 0) is 25.3 Å². The summed E-state index contributed by atoms with van der Waals surface area (Å²) >= 11 is 1.32. The number of nitrogens with one attached hydrogen (secondary N) is 2. The molecule has 2 rings (SSSR count). The van der Waals surface area contributed by atoms with E-state index in [-0.39, 0.29) is 11.8 Å². The zero-order valence-corrected chi connectivity index (χ0v) is 11.3. The van der Waals surface area contributed by atoms with Gasteiger partial charge >= 0.3 is 0 Å². The summed E-state index contributed by atoms with van der Waals surface area (Å²) in [6.07, 6.45) is 0. The predicted molar refractivity (Wildman–Crippen MR) is 71.1 cm³/mol. The number of hydrogen-bond donors (Lipinski definition) is 2. The number of amides is 2. The van der Waals surface area contributed by atoms with Gasteiger partial charge in [-0.3, -0.25) is 9.59 Å². The largest absolute Gasteiger partial charge is 0.360 e. The molecule has 100 valence electrons. The number of aryl methyl sites for hydroxylation is 1. The number of carbonyl (C=O) groups is 2. The van der Waals surface area contributed by atoms with Crippen LogP contribution in [0.3, 0.4) is 0 Å². The SMILES string of the molecule is Cc1cc(NC(=O)[C@@H](C)NC(=O)c2cccs2)no1. The number of aromatic nitrogens is 1. The van der Waals surface area contributed by atoms with Gasteiger partial charge in [0.1, 0.15) is 11.8 Å². The summed E-state index contributed by atoms with van der Waals surface area (Å²) in [5.74, 6) is 0.317. The van der Waals surface area contributed by atoms with E-state index in [4.69, 9.17) is 4.52 Å². The van der Waals surface area contributed by atoms with Crippen molar-refractivity contribution in [2.75, 3.05) is 5.32 Å². The first kappa shape index (κ1) is 13.3. The summed E-state index contributed by atoms with van der Waals surface area (Å²) in [7, 11) is 0. The van der Waals surface area contributed by atoms with Gasteiger partial charge in [0.25, 0.3) is 5.91 Å². The molecule has 0 saturated heterocycles. The molecular formula is C12H13N3O3S. The van der Waals surface area contributed by atoms with Crippen molar-refractivity contribution in [3.05, 3.63) is 34.2 Å². The number of anilines is 1. The van der Waals surface area contributed by atoms with Crippen molar-refractivity contribution in [3.8, 4) is 0 Å². The molecular weight excluding hydrogens is 266 g/mol. The minimum absolute atomic E-state index is 0.269. The number of rotatable bonds is 4. The number of hydrogen-bond acceptors (Lipinski definition) is 5. The predicted octanol–water partition coefficient (Wildman–Crippen LogP) is 1.80. The van der Waals surface area contributed by atoms with Gasteiger partial charge in [0, 0.05) is 6.07 Å². The van der Waals surface area contributed by atoms with Crippen molar-refractivity contribution in [2.24, 2.45) is 0 Å². The maximum Gasteiger partial charge on any atom is 0.261 e. The highest BCUT2D eigenvalue weighted by atomic mass is 32.1. The highest BCUT2D eigenvalue weighted by molar-refractivity contribution is 7.12. The molecule has 1 atom stereocenters. The van der Waals surface area contributed by atoms with Crippen LogP contribution in [0.5, 0.6) is 0 Å². The van der Waals surface area contributed by atoms with Gasteiger partial charge < -0.3 is 15.2 Å². The van der Waals surface area contributed by atoms with Gasteiger partial charge in [-0.25, -0.2) is 0 Å². The summed E-state index contributed by atoms with van der Waals surface area (Å²) in [6, 6.07) is 4.42. The fourth-order valence-corrected chi connectivity index (χ4v) is 2.03. The molecule has 0 spiro atoms. The van der Waals surface area contributed by atoms with Crippen LogP contribution in [-0.4, -0.2) is 23.0 Å². The second-order valence-corrected chi connectivity index (χ2v) is 4.93. The van der Waals surface area contributed by atoms with Crippen molar-refractivity contribution in [3.63, 3.8) is 0 Å². The molecule has 7 heteroatoms. The summed E-state index contributed by atoms with van der Waals surface area (Å²) in [5, 5.41) is 10.6. The molecule has 0 unspecified atom stereocenters. The van der Waals surface area contributed by atoms with Crippen LogP contribution in [0.25, 0.3) is 0 Å². The van der Waals surface area contributed by atoms with Crippen molar-refractivity contribution >= 4 is 29.0 Å². The Bertz CT molecular complexity index is 577. The van der Waals surface area contributed by atoms with Crippen LogP contribution >= 0.6 is 11.3 Å². The van der Waals surface area contributed by atoms with E-state index in [0.717, 1.165) is 0 Å². The fraction of sp³-hybridized carbons (Fsp3) is 0.250. The Morgan fingerprint density at radius 2 is 2.26 bits per heavy atom. The third-order valence-electron chi connectivity index (χ3n) is 2.37. The average Bonchev–Trinajstić information content (AvgIpc) is 3.00. The first-order valence-electron chi connectivity index (χ1n) is 5.65. The number of thiophene rings is 1. The molecule has 2 aromatic heterocycles. The van der Waals surface area contributed by atoms with E-state index < -0.39 is 6.04 Å². The van der Waals surface area contributed by atoms with E-state index in [0.29, 0.717) is 16.5 Å². The molecule has 0 radical (unpaired) electrons. The molecule has 0 saturated carbocycles. The molecule has 0 fully saturated rings. The lowest BCUT2D eigenvalue weighted by Crippen LogP contribution is -2.41. The Morgan fingerprint density at radius 1 is 1.47 bits per heavy atom. The first-order valence-corrected chi connectivity index (χ1v) is 6.53. The maximum absolute atomic E-state index is 11.8. The first-order chi connectivity index (χ1) is 9.06. The molecule has 0 aliphatic rings. The number of nitrogens with zero attached hydrogens (tertiary/aromatic N) is 1. The lowest BCUT2D eigenvalue weighted by Gasteiger charge is -2.11. The van der Waals surface area contributed by atoms with E-state index in [1.54, 1.807) is 37.4 Å². The van der Waals surface area contributed by atoms with Crippen molar-refractivity contribution in [2.45, 2.75) is 19.9 Å². The standard InChI is InChI=1S/C12H13N3O3S/c1-7-6-10(15-18-7)14-11(16)8(2)13-12(17)9-4-3-5-19-9/h3-6,8H,1-2H3,(H,13,17)(H,14,15,16)/t8-/m1/s1. The molecule has 2 heterocycles. The van der Waals surface area contributed by atoms with Crippen LogP contribution in [0.1, 0.15) is 22.4 Å². The Morgan fingerprint density at radius 3 is 2.84 bits per heavy atom. The smallest absolute Gasteiger partial charge is 0.261 e. The molecule has 2 aromatic rings. The average molecular weight is 279 g/mol. The normalized spacial score (nSPS) is 11.9. The van der Waals surface area contributed by atoms with Crippen LogP contribution in [0.2, 0.25) is 0 Å². The zero-order valence-electron chi connectivity index (χ0n) is 10.5. The van der Waals surface area contributed by atoms with Crippen molar-refractivity contribution in [1.29, 1.82) is 0 Å². The third kappa shape index (κ3) is 3.41. The summed E-state index contributed by atoms with van der Waals surface area (Å²) in [5.41, 5.74) is 0. The fourth-order valence-electron chi connectivity index (χ4n) is 1.40. The number of carbonyl (C=O) groups excluding carboxylic acids is 2. The monoisotopic (exact) mass is 279 g/mol. The molecule has 19 heavy (non-hydrogen) atoms. The Labute approximate surface area is 113 Å². The van der Waals surface area contributed by atoms with E-state index in [9.17, 15) is 9.59 Å². The highest BCUT2D eigenvalue weighted by Gasteiger charge is 2.18. The van der Waals surface area contributed by atoms with Crippen LogP contribution in [0, 0.1) is 6.92 Å². The third-order valence-corrected chi connectivity index (χ3v) is 3.23. The van der Waals surface area contributed by atoms with Gasteiger partial charge in [-0.2, -0.15) is 0 Å². The summed E-state index contributed by atoms with van der Waals surface area (Å²) in [6.45, 7) is 3.33. The zero-order chi connectivity index (χ0) is 13.8. The van der Waals surface area contributed by atoms with Crippen LogP contribution in [0.4, 0.5) is 5.82 Å². The van der Waals surface area contributed by atoms with Crippen molar-refractivity contribution < 1.29 is 14.1 Å². The van der Waals surface area contributed by atoms with E-state index >= 15 is 0 Å². The van der Waals surface area contributed by atoms with Gasteiger partial charge in [0.15, 0.2) is 5.82 Å². The van der Waals surface area contributed by atoms with E-state index in [1.807, 2.05) is 0 Å². The molecule has 0 aromatic carbocycles. The quantitative estimate of drug-likeness (QED) is 0.893. The van der Waals surface area contributed by atoms with Crippen LogP contribution in [-0.2, 0) is 4.79 Å².